The largest absolute Gasteiger partial charge is 0.361 e. The molecule has 0 spiro atoms. The summed E-state index contributed by atoms with van der Waals surface area (Å²) in [5, 5.41) is 0. The normalized spacial score (nSPS) is 10.5. The Bertz CT molecular complexity index is 800. The highest BCUT2D eigenvalue weighted by Gasteiger charge is 2.20. The Balaban J connectivity index is 1.92. The molecule has 3 heterocycles. The molecule has 0 N–H and O–H groups in total. The van der Waals surface area contributed by atoms with E-state index in [1.807, 2.05) is 42.5 Å². The zero-order valence-corrected chi connectivity index (χ0v) is 13.0. The van der Waals surface area contributed by atoms with Gasteiger partial charge in [-0.25, -0.2) is 4.42 Å². The Morgan fingerprint density at radius 3 is 1.50 bits per heavy atom. The molecule has 0 aliphatic heterocycles. The van der Waals surface area contributed by atoms with Gasteiger partial charge in [-0.2, -0.15) is 0 Å². The van der Waals surface area contributed by atoms with Crippen LogP contribution in [0.1, 0.15) is 0 Å². The van der Waals surface area contributed by atoms with Crippen molar-refractivity contribution in [2.75, 3.05) is 0 Å². The van der Waals surface area contributed by atoms with Crippen molar-refractivity contribution < 1.29 is 4.42 Å². The predicted octanol–water partition coefficient (Wildman–Crippen LogP) is 5.35. The molecule has 0 unspecified atom stereocenters. The smallest absolute Gasteiger partial charge is 0.265 e. The molecule has 0 saturated carbocycles. The lowest BCUT2D eigenvalue weighted by molar-refractivity contribution is 0.582. The summed E-state index contributed by atoms with van der Waals surface area (Å²) in [5.41, 5.74) is 4.26. The number of rotatable bonds is 3. The molecule has 4 rings (SSSR count). The molecular weight excluding hydrogens is 296 g/mol. The van der Waals surface area contributed by atoms with Gasteiger partial charge in [-0.05, 0) is 29.8 Å². The number of hydrogen-bond acceptors (Lipinski definition) is 2. The lowest BCUT2D eigenvalue weighted by atomic mass is 10.0. The van der Waals surface area contributed by atoms with Crippen LogP contribution in [-0.4, -0.2) is 9.97 Å². The number of pyridine rings is 2. The van der Waals surface area contributed by atoms with E-state index < -0.39 is 0 Å². The number of hydrogen-bond donors (Lipinski definition) is 0. The summed E-state index contributed by atoms with van der Waals surface area (Å²) in [5.74, 6) is 1.62. The third-order valence-corrected chi connectivity index (χ3v) is 3.83. The number of nitrogens with zero attached hydrogens (tertiary/aromatic N) is 2. The maximum Gasteiger partial charge on any atom is 0.361 e. The standard InChI is InChI=1S/C21H15N2O/c1-2-4-16(5-3-1)19-14-20(17-6-10-22-11-7-17)24-21(15-19)18-8-12-23-13-9-18/h1-15H/q+1. The van der Waals surface area contributed by atoms with Gasteiger partial charge in [0.25, 0.3) is 0 Å². The van der Waals surface area contributed by atoms with E-state index in [1.165, 1.54) is 0 Å². The van der Waals surface area contributed by atoms with Crippen LogP contribution in [-0.2, 0) is 0 Å². The molecule has 3 nitrogen and oxygen atoms in total. The van der Waals surface area contributed by atoms with Crippen LogP contribution in [0.3, 0.4) is 0 Å². The SMILES string of the molecule is c1ccc(-c2cc(-c3ccncc3)[o+]c(-c3ccncc3)c2)cc1. The Hall–Kier alpha value is -3.33. The summed E-state index contributed by atoms with van der Waals surface area (Å²) >= 11 is 0. The average Bonchev–Trinajstić information content (AvgIpc) is 2.70. The maximum atomic E-state index is 6.16. The Kier molecular flexibility index (Phi) is 3.82. The first-order chi connectivity index (χ1) is 11.9. The van der Waals surface area contributed by atoms with E-state index in [-0.39, 0.29) is 0 Å². The fourth-order valence-corrected chi connectivity index (χ4v) is 2.62. The monoisotopic (exact) mass is 311 g/mol. The lowest BCUT2D eigenvalue weighted by Gasteiger charge is -2.01. The van der Waals surface area contributed by atoms with Gasteiger partial charge in [0.05, 0.1) is 23.3 Å². The molecule has 0 amide bonds. The van der Waals surface area contributed by atoms with Crippen molar-refractivity contribution >= 4 is 0 Å². The highest BCUT2D eigenvalue weighted by atomic mass is 16.3. The van der Waals surface area contributed by atoms with E-state index in [4.69, 9.17) is 4.42 Å². The van der Waals surface area contributed by atoms with Gasteiger partial charge in [0.15, 0.2) is 0 Å². The summed E-state index contributed by atoms with van der Waals surface area (Å²) < 4.78 is 6.16. The highest BCUT2D eigenvalue weighted by molar-refractivity contribution is 5.74. The van der Waals surface area contributed by atoms with Gasteiger partial charge in [-0.15, -0.1) is 0 Å². The fourth-order valence-electron chi connectivity index (χ4n) is 2.62. The van der Waals surface area contributed by atoms with Crippen LogP contribution in [0, 0.1) is 0 Å². The van der Waals surface area contributed by atoms with Crippen molar-refractivity contribution in [2.24, 2.45) is 0 Å². The van der Waals surface area contributed by atoms with Gasteiger partial charge in [0, 0.05) is 30.4 Å². The zero-order chi connectivity index (χ0) is 16.2. The second-order valence-corrected chi connectivity index (χ2v) is 5.41. The van der Waals surface area contributed by atoms with Gasteiger partial charge in [0.2, 0.25) is 0 Å². The molecular formula is C21H15N2O+. The van der Waals surface area contributed by atoms with Crippen LogP contribution in [0.2, 0.25) is 0 Å². The first-order valence-corrected chi connectivity index (χ1v) is 7.74. The number of aromatic nitrogens is 2. The van der Waals surface area contributed by atoms with Crippen LogP contribution < -0.4 is 0 Å². The summed E-state index contributed by atoms with van der Waals surface area (Å²) in [4.78, 5) is 8.16. The van der Waals surface area contributed by atoms with Gasteiger partial charge in [-0.3, -0.25) is 9.97 Å². The van der Waals surface area contributed by atoms with Gasteiger partial charge < -0.3 is 0 Å². The van der Waals surface area contributed by atoms with Gasteiger partial charge in [0.1, 0.15) is 0 Å². The van der Waals surface area contributed by atoms with Crippen LogP contribution in [0.15, 0.2) is 95.9 Å². The number of benzene rings is 1. The molecule has 3 aromatic heterocycles. The Morgan fingerprint density at radius 1 is 0.500 bits per heavy atom. The quantitative estimate of drug-likeness (QED) is 0.478. The van der Waals surface area contributed by atoms with Crippen molar-refractivity contribution in [1.82, 2.24) is 9.97 Å². The molecule has 0 radical (unpaired) electrons. The van der Waals surface area contributed by atoms with Crippen molar-refractivity contribution in [1.29, 1.82) is 0 Å². The van der Waals surface area contributed by atoms with Crippen molar-refractivity contribution in [3.05, 3.63) is 91.5 Å². The minimum Gasteiger partial charge on any atom is -0.265 e. The molecule has 0 fully saturated rings. The van der Waals surface area contributed by atoms with E-state index >= 15 is 0 Å². The average molecular weight is 311 g/mol. The second kappa shape index (κ2) is 6.42. The van der Waals surface area contributed by atoms with Crippen LogP contribution in [0.25, 0.3) is 33.8 Å². The first kappa shape index (κ1) is 14.3. The van der Waals surface area contributed by atoms with E-state index in [9.17, 15) is 0 Å². The van der Waals surface area contributed by atoms with Crippen LogP contribution >= 0.6 is 0 Å². The lowest BCUT2D eigenvalue weighted by Crippen LogP contribution is -1.86. The minimum atomic E-state index is 0.811. The molecule has 0 saturated heterocycles. The zero-order valence-electron chi connectivity index (χ0n) is 13.0. The van der Waals surface area contributed by atoms with E-state index in [2.05, 4.69) is 34.2 Å². The molecule has 0 aliphatic rings. The van der Waals surface area contributed by atoms with Crippen molar-refractivity contribution in [3.63, 3.8) is 0 Å². The molecule has 0 bridgehead atoms. The van der Waals surface area contributed by atoms with E-state index in [1.54, 1.807) is 24.8 Å². The fraction of sp³-hybridized carbons (Fsp3) is 0. The molecule has 4 aromatic rings. The summed E-state index contributed by atoms with van der Waals surface area (Å²) in [6.45, 7) is 0. The Labute approximate surface area is 140 Å². The molecule has 0 aliphatic carbocycles. The summed E-state index contributed by atoms with van der Waals surface area (Å²) in [6, 6.07) is 22.2. The molecule has 1 aromatic carbocycles. The molecule has 114 valence electrons. The van der Waals surface area contributed by atoms with E-state index in [0.717, 1.165) is 33.8 Å². The third kappa shape index (κ3) is 2.92. The van der Waals surface area contributed by atoms with E-state index in [0.29, 0.717) is 0 Å². The van der Waals surface area contributed by atoms with Gasteiger partial charge >= 0.3 is 11.5 Å². The first-order valence-electron chi connectivity index (χ1n) is 7.74. The highest BCUT2D eigenvalue weighted by Crippen LogP contribution is 2.32. The molecule has 0 atom stereocenters. The minimum absolute atomic E-state index is 0.811. The summed E-state index contributed by atoms with van der Waals surface area (Å²) in [6.07, 6.45) is 7.08. The van der Waals surface area contributed by atoms with Crippen molar-refractivity contribution in [3.8, 4) is 33.8 Å². The maximum absolute atomic E-state index is 6.16. The van der Waals surface area contributed by atoms with Gasteiger partial charge in [-0.1, -0.05) is 30.3 Å². The molecule has 24 heavy (non-hydrogen) atoms. The Morgan fingerprint density at radius 2 is 1.00 bits per heavy atom. The topological polar surface area (TPSA) is 37.1 Å². The van der Waals surface area contributed by atoms with Crippen LogP contribution in [0.5, 0.6) is 0 Å². The van der Waals surface area contributed by atoms with Crippen LogP contribution in [0.4, 0.5) is 0 Å². The predicted molar refractivity (Wildman–Crippen MR) is 95.0 cm³/mol. The molecule has 3 heteroatoms. The second-order valence-electron chi connectivity index (χ2n) is 5.41. The summed E-state index contributed by atoms with van der Waals surface area (Å²) in [7, 11) is 0. The van der Waals surface area contributed by atoms with Crippen molar-refractivity contribution in [2.45, 2.75) is 0 Å². The third-order valence-electron chi connectivity index (χ3n) is 3.83.